The van der Waals surface area contributed by atoms with Crippen molar-refractivity contribution < 1.29 is 32.8 Å². The van der Waals surface area contributed by atoms with Crippen LogP contribution in [0.4, 0.5) is 4.79 Å². The lowest BCUT2D eigenvalue weighted by Gasteiger charge is -2.25. The number of phosphoric ester groups is 1. The molecule has 0 saturated carbocycles. The van der Waals surface area contributed by atoms with Gasteiger partial charge in [-0.05, 0) is 24.1 Å². The van der Waals surface area contributed by atoms with Gasteiger partial charge in [0, 0.05) is 12.5 Å². The van der Waals surface area contributed by atoms with Gasteiger partial charge in [0.05, 0.1) is 13.2 Å². The number of rotatable bonds is 7. The number of methoxy groups -OCH3 is 1. The molecule has 0 aromatic heterocycles. The van der Waals surface area contributed by atoms with Gasteiger partial charge < -0.3 is 14.6 Å². The summed E-state index contributed by atoms with van der Waals surface area (Å²) in [5.74, 6) is 0.00790. The molecule has 0 aliphatic rings. The summed E-state index contributed by atoms with van der Waals surface area (Å²) in [7, 11) is -1.84. The molecule has 1 aromatic carbocycles. The molecule has 1 rings (SSSR count). The first kappa shape index (κ1) is 21.2. The van der Waals surface area contributed by atoms with E-state index in [1.54, 1.807) is 32.9 Å². The highest BCUT2D eigenvalue weighted by atomic mass is 31.2. The molecule has 0 spiro atoms. The molecular weight excluding hydrogens is 349 g/mol. The number of benzene rings is 1. The molecule has 2 unspecified atom stereocenters. The van der Waals surface area contributed by atoms with Gasteiger partial charge in [0.2, 0.25) is 0 Å². The van der Waals surface area contributed by atoms with Crippen LogP contribution >= 0.6 is 7.82 Å². The molecule has 25 heavy (non-hydrogen) atoms. The van der Waals surface area contributed by atoms with Gasteiger partial charge >= 0.3 is 13.9 Å². The summed E-state index contributed by atoms with van der Waals surface area (Å²) in [5.41, 5.74) is 0.0908. The minimum atomic E-state index is -4.13. The molecule has 9 heteroatoms. The Labute approximate surface area is 147 Å². The summed E-state index contributed by atoms with van der Waals surface area (Å²) in [6.45, 7) is 5.30. The zero-order valence-corrected chi connectivity index (χ0v) is 15.8. The number of phosphoric acid groups is 1. The van der Waals surface area contributed by atoms with Gasteiger partial charge in [0.1, 0.15) is 5.75 Å². The SMILES string of the molecule is COC(=O)NC(Cc1ccc(OP(=O)(O)OC)cc1)C(=O)C(C)(C)C. The van der Waals surface area contributed by atoms with Crippen molar-refractivity contribution >= 4 is 19.7 Å². The fourth-order valence-corrected chi connectivity index (χ4v) is 2.49. The molecule has 2 N–H and O–H groups in total. The fourth-order valence-electron chi connectivity index (χ4n) is 2.03. The first-order chi connectivity index (χ1) is 11.5. The van der Waals surface area contributed by atoms with Crippen LogP contribution in [0.15, 0.2) is 24.3 Å². The Morgan fingerprint density at radius 1 is 1.20 bits per heavy atom. The summed E-state index contributed by atoms with van der Waals surface area (Å²) < 4.78 is 25.1. The number of Topliss-reactive ketones (excluding diaryl/α,β-unsaturated/α-hetero) is 1. The maximum Gasteiger partial charge on any atom is 0.527 e. The molecule has 1 aromatic rings. The van der Waals surface area contributed by atoms with Gasteiger partial charge in [0.15, 0.2) is 5.78 Å². The Bertz CT molecular complexity index is 651. The molecule has 0 aliphatic heterocycles. The van der Waals surface area contributed by atoms with Crippen molar-refractivity contribution in [3.05, 3.63) is 29.8 Å². The van der Waals surface area contributed by atoms with E-state index < -0.39 is 25.4 Å². The second kappa shape index (κ2) is 8.47. The van der Waals surface area contributed by atoms with Gasteiger partial charge in [0.25, 0.3) is 0 Å². The maximum atomic E-state index is 12.5. The summed E-state index contributed by atoms with van der Waals surface area (Å²) >= 11 is 0. The summed E-state index contributed by atoms with van der Waals surface area (Å²) in [6.07, 6.45) is -0.448. The molecule has 1 amide bonds. The van der Waals surface area contributed by atoms with Crippen molar-refractivity contribution in [3.8, 4) is 5.75 Å². The predicted octanol–water partition coefficient (Wildman–Crippen LogP) is 2.69. The quantitative estimate of drug-likeness (QED) is 0.707. The Kier molecular flexibility index (Phi) is 7.17. The lowest BCUT2D eigenvalue weighted by Crippen LogP contribution is -2.46. The van der Waals surface area contributed by atoms with Crippen LogP contribution in [0.5, 0.6) is 5.75 Å². The Hall–Kier alpha value is -1.89. The number of amides is 1. The highest BCUT2D eigenvalue weighted by Crippen LogP contribution is 2.42. The topological polar surface area (TPSA) is 111 Å². The molecule has 0 fully saturated rings. The van der Waals surface area contributed by atoms with E-state index in [1.807, 2.05) is 0 Å². The highest BCUT2D eigenvalue weighted by molar-refractivity contribution is 7.47. The number of alkyl carbamates (subject to hydrolysis) is 1. The Morgan fingerprint density at radius 3 is 2.20 bits per heavy atom. The highest BCUT2D eigenvalue weighted by Gasteiger charge is 2.31. The van der Waals surface area contributed by atoms with E-state index in [9.17, 15) is 19.0 Å². The third kappa shape index (κ3) is 6.86. The molecule has 0 radical (unpaired) electrons. The van der Waals surface area contributed by atoms with Crippen LogP contribution in [0.25, 0.3) is 0 Å². The zero-order valence-electron chi connectivity index (χ0n) is 14.9. The van der Waals surface area contributed by atoms with E-state index in [1.165, 1.54) is 19.2 Å². The van der Waals surface area contributed by atoms with E-state index in [4.69, 9.17) is 4.52 Å². The minimum absolute atomic E-state index is 0.141. The van der Waals surface area contributed by atoms with Crippen molar-refractivity contribution in [1.29, 1.82) is 0 Å². The van der Waals surface area contributed by atoms with Crippen LogP contribution in [-0.2, 0) is 25.0 Å². The molecule has 2 atom stereocenters. The van der Waals surface area contributed by atoms with Crippen molar-refractivity contribution in [2.45, 2.75) is 33.2 Å². The van der Waals surface area contributed by atoms with E-state index in [-0.39, 0.29) is 18.0 Å². The van der Waals surface area contributed by atoms with Crippen molar-refractivity contribution in [3.63, 3.8) is 0 Å². The van der Waals surface area contributed by atoms with Gasteiger partial charge in [-0.15, -0.1) is 0 Å². The van der Waals surface area contributed by atoms with Gasteiger partial charge in [-0.3, -0.25) is 14.2 Å². The predicted molar refractivity (Wildman–Crippen MR) is 91.4 cm³/mol. The maximum absolute atomic E-state index is 12.5. The third-order valence-corrected chi connectivity index (χ3v) is 4.25. The number of carbonyl (C=O) groups excluding carboxylic acids is 2. The molecule has 0 bridgehead atoms. The van der Waals surface area contributed by atoms with E-state index in [0.717, 1.165) is 12.7 Å². The monoisotopic (exact) mass is 373 g/mol. The van der Waals surface area contributed by atoms with Crippen LogP contribution in [-0.4, -0.2) is 37.0 Å². The van der Waals surface area contributed by atoms with Gasteiger partial charge in [-0.25, -0.2) is 9.36 Å². The number of hydrogen-bond donors (Lipinski definition) is 2. The van der Waals surface area contributed by atoms with Crippen LogP contribution in [0.1, 0.15) is 26.3 Å². The average molecular weight is 373 g/mol. The van der Waals surface area contributed by atoms with E-state index in [0.29, 0.717) is 0 Å². The first-order valence-corrected chi connectivity index (χ1v) is 9.04. The molecule has 140 valence electrons. The fraction of sp³-hybridized carbons (Fsp3) is 0.500. The van der Waals surface area contributed by atoms with E-state index in [2.05, 4.69) is 14.6 Å². The smallest absolute Gasteiger partial charge is 0.453 e. The molecule has 0 heterocycles. The van der Waals surface area contributed by atoms with Crippen molar-refractivity contribution in [2.24, 2.45) is 5.41 Å². The Balaban J connectivity index is 2.91. The van der Waals surface area contributed by atoms with Crippen LogP contribution in [0.3, 0.4) is 0 Å². The number of ketones is 1. The zero-order chi connectivity index (χ0) is 19.3. The molecule has 8 nitrogen and oxygen atoms in total. The summed E-state index contributed by atoms with van der Waals surface area (Å²) in [5, 5.41) is 2.54. The average Bonchev–Trinajstić information content (AvgIpc) is 2.54. The molecule has 0 saturated heterocycles. The van der Waals surface area contributed by atoms with Gasteiger partial charge in [-0.1, -0.05) is 32.9 Å². The Morgan fingerprint density at radius 2 is 1.76 bits per heavy atom. The molecule has 0 aliphatic carbocycles. The molecular formula is C16H24NO7P. The number of carbonyl (C=O) groups is 2. The van der Waals surface area contributed by atoms with Crippen molar-refractivity contribution in [2.75, 3.05) is 14.2 Å². The van der Waals surface area contributed by atoms with Crippen LogP contribution < -0.4 is 9.84 Å². The van der Waals surface area contributed by atoms with Crippen LogP contribution in [0, 0.1) is 5.41 Å². The van der Waals surface area contributed by atoms with Gasteiger partial charge in [-0.2, -0.15) is 0 Å². The minimum Gasteiger partial charge on any atom is -0.453 e. The number of hydrogen-bond acceptors (Lipinski definition) is 6. The summed E-state index contributed by atoms with van der Waals surface area (Å²) in [4.78, 5) is 33.3. The summed E-state index contributed by atoms with van der Waals surface area (Å²) in [6, 6.07) is 5.46. The first-order valence-electron chi connectivity index (χ1n) is 7.54. The lowest BCUT2D eigenvalue weighted by molar-refractivity contribution is -0.128. The normalized spacial score (nSPS) is 15.0. The standard InChI is InChI=1S/C16H24NO7P/c1-16(2,3)14(18)13(17-15(19)22-4)10-11-6-8-12(9-7-11)24-25(20,21)23-5/h6-9,13H,10H2,1-5H3,(H,17,19)(H,20,21). The number of ether oxygens (including phenoxy) is 1. The van der Waals surface area contributed by atoms with Crippen molar-refractivity contribution in [1.82, 2.24) is 5.32 Å². The second-order valence-corrected chi connectivity index (χ2v) is 7.88. The largest absolute Gasteiger partial charge is 0.527 e. The van der Waals surface area contributed by atoms with E-state index >= 15 is 0 Å². The second-order valence-electron chi connectivity index (χ2n) is 6.39. The van der Waals surface area contributed by atoms with Crippen LogP contribution in [0.2, 0.25) is 0 Å². The lowest BCUT2D eigenvalue weighted by atomic mass is 9.84. The number of nitrogens with one attached hydrogen (secondary N) is 1. The third-order valence-electron chi connectivity index (χ3n) is 3.35.